The van der Waals surface area contributed by atoms with Gasteiger partial charge in [0.15, 0.2) is 5.11 Å². The molecule has 0 aliphatic carbocycles. The van der Waals surface area contributed by atoms with Gasteiger partial charge in [0.2, 0.25) is 5.91 Å². The van der Waals surface area contributed by atoms with Gasteiger partial charge in [-0.05, 0) is 42.9 Å². The van der Waals surface area contributed by atoms with Crippen molar-refractivity contribution in [2.24, 2.45) is 5.41 Å². The first-order valence-corrected chi connectivity index (χ1v) is 9.04. The number of carbonyl (C=O) groups is 2. The van der Waals surface area contributed by atoms with Crippen molar-refractivity contribution in [3.63, 3.8) is 0 Å². The van der Waals surface area contributed by atoms with E-state index in [1.165, 1.54) is 0 Å². The minimum atomic E-state index is -0.517. The quantitative estimate of drug-likeness (QED) is 0.429. The molecule has 0 saturated heterocycles. The lowest BCUT2D eigenvalue weighted by atomic mass is 9.96. The van der Waals surface area contributed by atoms with Crippen LogP contribution in [0.5, 0.6) is 0 Å². The molecule has 1 aromatic carbocycles. The Labute approximate surface area is 155 Å². The van der Waals surface area contributed by atoms with Crippen LogP contribution in [0.3, 0.4) is 0 Å². The number of nitrogens with one attached hydrogen (secondary N) is 2. The highest BCUT2D eigenvalue weighted by Crippen LogP contribution is 2.14. The second-order valence-corrected chi connectivity index (χ2v) is 7.34. The predicted octanol–water partition coefficient (Wildman–Crippen LogP) is 4.28. The summed E-state index contributed by atoms with van der Waals surface area (Å²) in [6.07, 6.45) is 4.27. The third-order valence-corrected chi connectivity index (χ3v) is 3.72. The smallest absolute Gasteiger partial charge is 0.338 e. The highest BCUT2D eigenvalue weighted by molar-refractivity contribution is 7.80. The molecule has 1 aromatic rings. The number of hydrogen-bond acceptors (Lipinski definition) is 4. The molecule has 0 heterocycles. The fourth-order valence-electron chi connectivity index (χ4n) is 1.92. The molecule has 0 saturated carbocycles. The lowest BCUT2D eigenvalue weighted by Crippen LogP contribution is -2.41. The van der Waals surface area contributed by atoms with E-state index in [1.807, 2.05) is 20.8 Å². The molecular weight excluding hydrogens is 336 g/mol. The lowest BCUT2D eigenvalue weighted by Gasteiger charge is -2.18. The Kier molecular flexibility index (Phi) is 8.55. The summed E-state index contributed by atoms with van der Waals surface area (Å²) >= 11 is 5.12. The Morgan fingerprint density at radius 3 is 2.28 bits per heavy atom. The van der Waals surface area contributed by atoms with E-state index >= 15 is 0 Å². The van der Waals surface area contributed by atoms with Gasteiger partial charge in [-0.3, -0.25) is 4.79 Å². The van der Waals surface area contributed by atoms with E-state index in [1.54, 1.807) is 24.3 Å². The fourth-order valence-corrected chi connectivity index (χ4v) is 2.13. The normalized spacial score (nSPS) is 10.9. The van der Waals surface area contributed by atoms with Gasteiger partial charge >= 0.3 is 5.97 Å². The van der Waals surface area contributed by atoms with Crippen LogP contribution < -0.4 is 10.6 Å². The Morgan fingerprint density at radius 1 is 1.08 bits per heavy atom. The van der Waals surface area contributed by atoms with Crippen molar-refractivity contribution in [1.29, 1.82) is 0 Å². The monoisotopic (exact) mass is 364 g/mol. The van der Waals surface area contributed by atoms with Crippen LogP contribution in [-0.2, 0) is 9.53 Å². The van der Waals surface area contributed by atoms with E-state index in [9.17, 15) is 9.59 Å². The fraction of sp³-hybridized carbons (Fsp3) is 0.526. The van der Waals surface area contributed by atoms with Crippen molar-refractivity contribution in [3.8, 4) is 0 Å². The Morgan fingerprint density at radius 2 is 1.72 bits per heavy atom. The highest BCUT2D eigenvalue weighted by Gasteiger charge is 2.21. The molecule has 0 spiro atoms. The summed E-state index contributed by atoms with van der Waals surface area (Å²) in [5, 5.41) is 5.79. The topological polar surface area (TPSA) is 67.4 Å². The predicted molar refractivity (Wildman–Crippen MR) is 105 cm³/mol. The number of amides is 1. The van der Waals surface area contributed by atoms with Crippen LogP contribution in [0.2, 0.25) is 0 Å². The molecule has 6 heteroatoms. The summed E-state index contributed by atoms with van der Waals surface area (Å²) in [5.74, 6) is -0.486. The number of ether oxygens (including phenoxy) is 1. The van der Waals surface area contributed by atoms with E-state index in [4.69, 9.17) is 17.0 Å². The van der Waals surface area contributed by atoms with Gasteiger partial charge in [-0.25, -0.2) is 4.79 Å². The first-order chi connectivity index (χ1) is 11.7. The average molecular weight is 365 g/mol. The van der Waals surface area contributed by atoms with E-state index < -0.39 is 5.41 Å². The maximum absolute atomic E-state index is 11.9. The van der Waals surface area contributed by atoms with Gasteiger partial charge in [-0.2, -0.15) is 0 Å². The molecule has 0 radical (unpaired) electrons. The van der Waals surface area contributed by atoms with Gasteiger partial charge < -0.3 is 15.4 Å². The second kappa shape index (κ2) is 10.1. The molecule has 0 aromatic heterocycles. The maximum atomic E-state index is 11.9. The van der Waals surface area contributed by atoms with Crippen molar-refractivity contribution in [3.05, 3.63) is 29.8 Å². The lowest BCUT2D eigenvalue weighted by molar-refractivity contribution is -0.126. The summed E-state index contributed by atoms with van der Waals surface area (Å²) in [6, 6.07) is 6.79. The van der Waals surface area contributed by atoms with E-state index in [0.717, 1.165) is 25.7 Å². The van der Waals surface area contributed by atoms with Crippen molar-refractivity contribution in [2.45, 2.75) is 53.4 Å². The van der Waals surface area contributed by atoms with Crippen molar-refractivity contribution >= 4 is 34.9 Å². The molecule has 0 unspecified atom stereocenters. The Balaban J connectivity index is 2.46. The van der Waals surface area contributed by atoms with Crippen molar-refractivity contribution in [2.75, 3.05) is 11.9 Å². The van der Waals surface area contributed by atoms with Crippen LogP contribution in [0.1, 0.15) is 63.7 Å². The van der Waals surface area contributed by atoms with Crippen LogP contribution in [-0.4, -0.2) is 23.6 Å². The van der Waals surface area contributed by atoms with Crippen LogP contribution in [0, 0.1) is 5.41 Å². The van der Waals surface area contributed by atoms with Crippen LogP contribution in [0.25, 0.3) is 0 Å². The highest BCUT2D eigenvalue weighted by atomic mass is 32.1. The van der Waals surface area contributed by atoms with Crippen LogP contribution in [0.4, 0.5) is 5.69 Å². The minimum Gasteiger partial charge on any atom is -0.462 e. The number of thiocarbonyl (C=S) groups is 1. The van der Waals surface area contributed by atoms with Gasteiger partial charge in [0.25, 0.3) is 0 Å². The summed E-state index contributed by atoms with van der Waals surface area (Å²) in [7, 11) is 0. The number of hydrogen-bond donors (Lipinski definition) is 2. The molecule has 0 aliphatic rings. The molecule has 0 bridgehead atoms. The molecule has 0 aliphatic heterocycles. The van der Waals surface area contributed by atoms with Gasteiger partial charge in [0, 0.05) is 11.1 Å². The van der Waals surface area contributed by atoms with Crippen molar-refractivity contribution in [1.82, 2.24) is 5.32 Å². The third kappa shape index (κ3) is 8.12. The van der Waals surface area contributed by atoms with Crippen molar-refractivity contribution < 1.29 is 14.3 Å². The molecule has 0 atom stereocenters. The second-order valence-electron chi connectivity index (χ2n) is 6.93. The number of rotatable bonds is 7. The summed E-state index contributed by atoms with van der Waals surface area (Å²) in [4.78, 5) is 23.8. The molecular formula is C19H28N2O3S. The number of anilines is 1. The molecule has 0 fully saturated rings. The first kappa shape index (κ1) is 21.1. The number of unbranched alkanes of at least 4 members (excludes halogenated alkanes) is 3. The Bertz CT molecular complexity index is 592. The first-order valence-electron chi connectivity index (χ1n) is 8.63. The SMILES string of the molecule is CCCCCCOC(=O)c1ccc(NC(=S)NC(=O)C(C)(C)C)cc1. The number of benzene rings is 1. The van der Waals surface area contributed by atoms with Gasteiger partial charge in [0.1, 0.15) is 0 Å². The zero-order valence-corrected chi connectivity index (χ0v) is 16.3. The molecule has 2 N–H and O–H groups in total. The molecule has 5 nitrogen and oxygen atoms in total. The van der Waals surface area contributed by atoms with E-state index in [-0.39, 0.29) is 17.0 Å². The summed E-state index contributed by atoms with van der Waals surface area (Å²) in [5.41, 5.74) is 0.667. The zero-order valence-electron chi connectivity index (χ0n) is 15.5. The number of esters is 1. The molecule has 1 rings (SSSR count). The largest absolute Gasteiger partial charge is 0.462 e. The van der Waals surface area contributed by atoms with Crippen LogP contribution in [0.15, 0.2) is 24.3 Å². The summed E-state index contributed by atoms with van der Waals surface area (Å²) in [6.45, 7) is 8.03. The Hall–Kier alpha value is -1.95. The third-order valence-electron chi connectivity index (χ3n) is 3.52. The molecule has 138 valence electrons. The van der Waals surface area contributed by atoms with Gasteiger partial charge in [0.05, 0.1) is 12.2 Å². The molecule has 25 heavy (non-hydrogen) atoms. The molecule has 1 amide bonds. The maximum Gasteiger partial charge on any atom is 0.338 e. The number of carbonyl (C=O) groups excluding carboxylic acids is 2. The summed E-state index contributed by atoms with van der Waals surface area (Å²) < 4.78 is 5.24. The van der Waals surface area contributed by atoms with Gasteiger partial charge in [-0.1, -0.05) is 47.0 Å². The van der Waals surface area contributed by atoms with Gasteiger partial charge in [-0.15, -0.1) is 0 Å². The average Bonchev–Trinajstić information content (AvgIpc) is 2.54. The minimum absolute atomic E-state index is 0.159. The van der Waals surface area contributed by atoms with E-state index in [0.29, 0.717) is 17.9 Å². The van der Waals surface area contributed by atoms with E-state index in [2.05, 4.69) is 17.6 Å². The standard InChI is InChI=1S/C19H28N2O3S/c1-5-6-7-8-13-24-16(22)14-9-11-15(12-10-14)20-18(25)21-17(23)19(2,3)4/h9-12H,5-8,13H2,1-4H3,(H2,20,21,23,25). The van der Waals surface area contributed by atoms with Crippen LogP contribution >= 0.6 is 12.2 Å². The zero-order chi connectivity index (χ0) is 18.9.